The molecule has 1 aromatic heterocycles. The van der Waals surface area contributed by atoms with E-state index < -0.39 is 6.36 Å². The van der Waals surface area contributed by atoms with Crippen molar-refractivity contribution in [2.75, 3.05) is 36.4 Å². The van der Waals surface area contributed by atoms with Gasteiger partial charge in [-0.3, -0.25) is 0 Å². The summed E-state index contributed by atoms with van der Waals surface area (Å²) in [7, 11) is 0. The van der Waals surface area contributed by atoms with Crippen LogP contribution in [0.1, 0.15) is 5.56 Å². The van der Waals surface area contributed by atoms with Crippen LogP contribution >= 0.6 is 0 Å². The number of nitrogens with zero attached hydrogens (tertiary/aromatic N) is 3. The normalized spacial score (nSPS) is 15.1. The molecule has 3 rings (SSSR count). The average molecular weight is 353 g/mol. The van der Waals surface area contributed by atoms with Crippen LogP contribution in [0.3, 0.4) is 0 Å². The van der Waals surface area contributed by atoms with Crippen LogP contribution < -0.4 is 20.3 Å². The second-order valence-electron chi connectivity index (χ2n) is 5.55. The molecule has 0 radical (unpaired) electrons. The maximum Gasteiger partial charge on any atom is 0.573 e. The van der Waals surface area contributed by atoms with E-state index in [0.717, 1.165) is 31.9 Å². The molecule has 25 heavy (non-hydrogen) atoms. The molecule has 0 atom stereocenters. The number of nitrogens with one attached hydrogen (secondary N) is 2. The van der Waals surface area contributed by atoms with Crippen LogP contribution in [-0.4, -0.2) is 42.5 Å². The first-order valence-electron chi connectivity index (χ1n) is 7.86. The lowest BCUT2D eigenvalue weighted by Crippen LogP contribution is -2.43. The van der Waals surface area contributed by atoms with Gasteiger partial charge in [-0.05, 0) is 17.7 Å². The first-order valence-corrected chi connectivity index (χ1v) is 7.86. The van der Waals surface area contributed by atoms with Crippen LogP contribution in [0, 0.1) is 0 Å². The summed E-state index contributed by atoms with van der Waals surface area (Å²) in [6.45, 7) is 3.96. The van der Waals surface area contributed by atoms with Gasteiger partial charge in [0.1, 0.15) is 5.75 Å². The second kappa shape index (κ2) is 7.56. The van der Waals surface area contributed by atoms with E-state index in [2.05, 4.69) is 30.2 Å². The Kier molecular flexibility index (Phi) is 5.22. The van der Waals surface area contributed by atoms with Gasteiger partial charge in [-0.1, -0.05) is 12.1 Å². The summed E-state index contributed by atoms with van der Waals surface area (Å²) >= 11 is 0. The molecule has 1 aromatic carbocycles. The highest BCUT2D eigenvalue weighted by Crippen LogP contribution is 2.23. The second-order valence-corrected chi connectivity index (χ2v) is 5.55. The van der Waals surface area contributed by atoms with Gasteiger partial charge in [-0.25, -0.2) is 9.97 Å². The van der Waals surface area contributed by atoms with Crippen LogP contribution in [0.4, 0.5) is 24.8 Å². The van der Waals surface area contributed by atoms with Crippen molar-refractivity contribution in [2.24, 2.45) is 0 Å². The summed E-state index contributed by atoms with van der Waals surface area (Å²) in [6, 6.07) is 5.79. The fourth-order valence-corrected chi connectivity index (χ4v) is 2.53. The number of aromatic nitrogens is 2. The summed E-state index contributed by atoms with van der Waals surface area (Å²) in [4.78, 5) is 10.7. The molecule has 2 heterocycles. The minimum absolute atomic E-state index is 0.248. The van der Waals surface area contributed by atoms with E-state index in [0.29, 0.717) is 18.1 Å². The Labute approximate surface area is 143 Å². The number of ether oxygens (including phenoxy) is 1. The van der Waals surface area contributed by atoms with E-state index in [1.165, 1.54) is 18.2 Å². The summed E-state index contributed by atoms with van der Waals surface area (Å²) in [5.74, 6) is 0.169. The predicted octanol–water partition coefficient (Wildman–Crippen LogP) is 2.40. The molecule has 9 heteroatoms. The number of hydrogen-bond donors (Lipinski definition) is 2. The molecule has 0 aliphatic carbocycles. The maximum absolute atomic E-state index is 12.2. The quantitative estimate of drug-likeness (QED) is 0.861. The van der Waals surface area contributed by atoms with E-state index in [4.69, 9.17) is 0 Å². The SMILES string of the molecule is FC(F)(F)Oc1cccc(CNc2ncc(N3CCNCC3)cn2)c1. The van der Waals surface area contributed by atoms with Gasteiger partial charge in [0.25, 0.3) is 0 Å². The van der Waals surface area contributed by atoms with E-state index >= 15 is 0 Å². The van der Waals surface area contributed by atoms with Crippen LogP contribution in [0.15, 0.2) is 36.7 Å². The van der Waals surface area contributed by atoms with Crippen molar-refractivity contribution in [1.82, 2.24) is 15.3 Å². The topological polar surface area (TPSA) is 62.3 Å². The molecule has 134 valence electrons. The smallest absolute Gasteiger partial charge is 0.406 e. The Hall–Kier alpha value is -2.55. The zero-order chi connectivity index (χ0) is 17.7. The molecular weight excluding hydrogens is 335 g/mol. The van der Waals surface area contributed by atoms with Crippen LogP contribution in [0.2, 0.25) is 0 Å². The fraction of sp³-hybridized carbons (Fsp3) is 0.375. The molecule has 0 amide bonds. The molecule has 1 fully saturated rings. The lowest BCUT2D eigenvalue weighted by molar-refractivity contribution is -0.274. The van der Waals surface area contributed by atoms with Crippen LogP contribution in [-0.2, 0) is 6.54 Å². The molecule has 1 saturated heterocycles. The van der Waals surface area contributed by atoms with E-state index in [1.807, 2.05) is 0 Å². The molecule has 0 saturated carbocycles. The van der Waals surface area contributed by atoms with E-state index in [9.17, 15) is 13.2 Å². The Balaban J connectivity index is 1.57. The molecule has 2 N–H and O–H groups in total. The van der Waals surface area contributed by atoms with Crippen molar-refractivity contribution < 1.29 is 17.9 Å². The van der Waals surface area contributed by atoms with Gasteiger partial charge in [0.2, 0.25) is 5.95 Å². The molecule has 2 aromatic rings. The summed E-state index contributed by atoms with van der Waals surface area (Å²) in [5, 5.41) is 6.27. The first kappa shape index (κ1) is 17.3. The monoisotopic (exact) mass is 353 g/mol. The third-order valence-corrected chi connectivity index (χ3v) is 3.70. The minimum Gasteiger partial charge on any atom is -0.406 e. The van der Waals surface area contributed by atoms with Gasteiger partial charge in [-0.2, -0.15) is 0 Å². The van der Waals surface area contributed by atoms with Crippen LogP contribution in [0.25, 0.3) is 0 Å². The number of halogens is 3. The Morgan fingerprint density at radius 2 is 1.88 bits per heavy atom. The number of rotatable bonds is 5. The van der Waals surface area contributed by atoms with Gasteiger partial charge < -0.3 is 20.3 Å². The van der Waals surface area contributed by atoms with Crippen molar-refractivity contribution >= 4 is 11.6 Å². The van der Waals surface area contributed by atoms with Crippen molar-refractivity contribution in [2.45, 2.75) is 12.9 Å². The van der Waals surface area contributed by atoms with Crippen molar-refractivity contribution in [3.8, 4) is 5.75 Å². The minimum atomic E-state index is -4.70. The molecule has 1 aliphatic heterocycles. The van der Waals surface area contributed by atoms with E-state index in [1.54, 1.807) is 18.5 Å². The highest BCUT2D eigenvalue weighted by molar-refractivity contribution is 5.45. The third kappa shape index (κ3) is 5.21. The van der Waals surface area contributed by atoms with Gasteiger partial charge in [0.05, 0.1) is 18.1 Å². The van der Waals surface area contributed by atoms with Crippen molar-refractivity contribution in [3.05, 3.63) is 42.2 Å². The molecule has 0 bridgehead atoms. The van der Waals surface area contributed by atoms with Gasteiger partial charge in [0.15, 0.2) is 0 Å². The van der Waals surface area contributed by atoms with Crippen molar-refractivity contribution in [3.63, 3.8) is 0 Å². The molecule has 6 nitrogen and oxygen atoms in total. The number of piperazine rings is 1. The largest absolute Gasteiger partial charge is 0.573 e. The van der Waals surface area contributed by atoms with Crippen molar-refractivity contribution in [1.29, 1.82) is 0 Å². The molecule has 0 unspecified atom stereocenters. The number of hydrogen-bond acceptors (Lipinski definition) is 6. The fourth-order valence-electron chi connectivity index (χ4n) is 2.53. The van der Waals surface area contributed by atoms with Gasteiger partial charge in [0, 0.05) is 32.7 Å². The van der Waals surface area contributed by atoms with Crippen LogP contribution in [0.5, 0.6) is 5.75 Å². The maximum atomic E-state index is 12.2. The number of benzene rings is 1. The highest BCUT2D eigenvalue weighted by Gasteiger charge is 2.31. The molecular formula is C16H18F3N5O. The number of alkyl halides is 3. The van der Waals surface area contributed by atoms with Gasteiger partial charge in [-0.15, -0.1) is 13.2 Å². The molecule has 1 aliphatic rings. The Morgan fingerprint density at radius 3 is 2.56 bits per heavy atom. The molecule has 0 spiro atoms. The Morgan fingerprint density at radius 1 is 1.16 bits per heavy atom. The summed E-state index contributed by atoms with van der Waals surface area (Å²) < 4.78 is 40.7. The average Bonchev–Trinajstić information content (AvgIpc) is 2.60. The number of anilines is 2. The lowest BCUT2D eigenvalue weighted by atomic mass is 10.2. The van der Waals surface area contributed by atoms with Gasteiger partial charge >= 0.3 is 6.36 Å². The van der Waals surface area contributed by atoms with E-state index in [-0.39, 0.29) is 5.75 Å². The lowest BCUT2D eigenvalue weighted by Gasteiger charge is -2.28. The zero-order valence-electron chi connectivity index (χ0n) is 13.4. The predicted molar refractivity (Wildman–Crippen MR) is 87.6 cm³/mol. The summed E-state index contributed by atoms with van der Waals surface area (Å²) in [5.41, 5.74) is 1.59. The highest BCUT2D eigenvalue weighted by atomic mass is 19.4. The Bertz CT molecular complexity index is 687. The first-order chi connectivity index (χ1) is 12.0. The zero-order valence-corrected chi connectivity index (χ0v) is 13.4. The standard InChI is InChI=1S/C16H18F3N5O/c17-16(18,19)25-14-3-1-2-12(8-14)9-21-15-22-10-13(11-23-15)24-6-4-20-5-7-24/h1-3,8,10-11,20H,4-7,9H2,(H,21,22,23). The third-order valence-electron chi connectivity index (χ3n) is 3.70. The summed E-state index contributed by atoms with van der Waals surface area (Å²) in [6.07, 6.45) is -1.22.